The molecule has 1 aromatic heterocycles. The molecule has 2 aromatic carbocycles. The van der Waals surface area contributed by atoms with Gasteiger partial charge in [-0.2, -0.15) is 0 Å². The summed E-state index contributed by atoms with van der Waals surface area (Å²) in [6.07, 6.45) is 0. The van der Waals surface area contributed by atoms with Gasteiger partial charge in [-0.3, -0.25) is 9.36 Å². The molecule has 3 rings (SSSR count). The summed E-state index contributed by atoms with van der Waals surface area (Å²) < 4.78 is 8.10. The molecule has 1 heterocycles. The molecule has 0 N–H and O–H groups in total. The van der Waals surface area contributed by atoms with Crippen molar-refractivity contribution in [1.82, 2.24) is 4.57 Å². The predicted octanol–water partition coefficient (Wildman–Crippen LogP) is 4.25. The molecule has 21 heavy (non-hydrogen) atoms. The third kappa shape index (κ3) is 2.55. The van der Waals surface area contributed by atoms with Crippen LogP contribution in [0, 0.1) is 10.5 Å². The Balaban J connectivity index is 2.13. The lowest BCUT2D eigenvalue weighted by Crippen LogP contribution is -2.13. The third-order valence-electron chi connectivity index (χ3n) is 3.49. The van der Waals surface area contributed by atoms with Crippen LogP contribution in [0.3, 0.4) is 0 Å². The van der Waals surface area contributed by atoms with Crippen molar-refractivity contribution in [2.75, 3.05) is 7.11 Å². The summed E-state index contributed by atoms with van der Waals surface area (Å²) in [7, 11) is 1.64. The van der Waals surface area contributed by atoms with Gasteiger partial charge >= 0.3 is 0 Å². The van der Waals surface area contributed by atoms with Crippen LogP contribution in [-0.4, -0.2) is 17.6 Å². The van der Waals surface area contributed by atoms with Gasteiger partial charge in [0.05, 0.1) is 12.6 Å². The number of aryl methyl sites for hydroxylation is 1. The Labute approximate surface area is 136 Å². The lowest BCUT2D eigenvalue weighted by Gasteiger charge is -2.07. The highest BCUT2D eigenvalue weighted by atomic mass is 127. The molecule has 0 aliphatic heterocycles. The molecule has 3 aromatic rings. The van der Waals surface area contributed by atoms with E-state index < -0.39 is 0 Å². The second kappa shape index (κ2) is 5.52. The number of halogens is 1. The summed E-state index contributed by atoms with van der Waals surface area (Å²) in [6, 6.07) is 15.3. The van der Waals surface area contributed by atoms with Crippen LogP contribution in [0.4, 0.5) is 0 Å². The van der Waals surface area contributed by atoms with Gasteiger partial charge in [-0.25, -0.2) is 0 Å². The minimum absolute atomic E-state index is 0.0101. The maximum Gasteiger partial charge on any atom is 0.262 e. The Bertz CT molecular complexity index is 819. The average molecular weight is 391 g/mol. The maximum atomic E-state index is 12.7. The average Bonchev–Trinajstić information content (AvgIpc) is 2.82. The van der Waals surface area contributed by atoms with Gasteiger partial charge < -0.3 is 4.74 Å². The molecule has 4 heteroatoms. The molecular weight excluding hydrogens is 377 g/mol. The number of carbonyl (C=O) groups excluding carboxylic acids is 1. The van der Waals surface area contributed by atoms with E-state index in [4.69, 9.17) is 4.74 Å². The van der Waals surface area contributed by atoms with Crippen molar-refractivity contribution in [3.8, 4) is 5.75 Å². The first-order chi connectivity index (χ1) is 10.1. The number of benzene rings is 2. The topological polar surface area (TPSA) is 31.2 Å². The van der Waals surface area contributed by atoms with E-state index in [1.165, 1.54) is 0 Å². The van der Waals surface area contributed by atoms with Crippen molar-refractivity contribution in [2.24, 2.45) is 0 Å². The SMILES string of the molecule is COc1ccc2c(c1)cc(C)n2C(=O)c1ccc(I)cc1. The lowest BCUT2D eigenvalue weighted by molar-refractivity contribution is 0.0963. The van der Waals surface area contributed by atoms with Crippen molar-refractivity contribution in [1.29, 1.82) is 0 Å². The summed E-state index contributed by atoms with van der Waals surface area (Å²) in [6.45, 7) is 1.94. The largest absolute Gasteiger partial charge is 0.497 e. The molecule has 0 atom stereocenters. The first kappa shape index (κ1) is 14.1. The van der Waals surface area contributed by atoms with Crippen molar-refractivity contribution < 1.29 is 9.53 Å². The molecular formula is C17H14INO2. The zero-order valence-corrected chi connectivity index (χ0v) is 13.9. The minimum atomic E-state index is -0.0101. The van der Waals surface area contributed by atoms with Gasteiger partial charge in [0.25, 0.3) is 5.91 Å². The molecule has 0 spiro atoms. The van der Waals surface area contributed by atoms with E-state index in [2.05, 4.69) is 22.6 Å². The zero-order valence-electron chi connectivity index (χ0n) is 11.8. The van der Waals surface area contributed by atoms with Gasteiger partial charge in [0.1, 0.15) is 5.75 Å². The number of nitrogens with zero attached hydrogens (tertiary/aromatic N) is 1. The Morgan fingerprint density at radius 2 is 1.81 bits per heavy atom. The van der Waals surface area contributed by atoms with Gasteiger partial charge in [0.15, 0.2) is 0 Å². The molecule has 106 valence electrons. The van der Waals surface area contributed by atoms with Crippen LogP contribution in [-0.2, 0) is 0 Å². The fourth-order valence-corrected chi connectivity index (χ4v) is 2.81. The van der Waals surface area contributed by atoms with E-state index in [0.717, 1.165) is 25.9 Å². The molecule has 0 saturated heterocycles. The molecule has 0 aliphatic carbocycles. The van der Waals surface area contributed by atoms with E-state index in [1.54, 1.807) is 11.7 Å². The van der Waals surface area contributed by atoms with E-state index >= 15 is 0 Å². The highest BCUT2D eigenvalue weighted by Crippen LogP contribution is 2.25. The third-order valence-corrected chi connectivity index (χ3v) is 4.21. The van der Waals surface area contributed by atoms with Gasteiger partial charge in [0, 0.05) is 20.2 Å². The van der Waals surface area contributed by atoms with Crippen molar-refractivity contribution in [3.63, 3.8) is 0 Å². The van der Waals surface area contributed by atoms with Crippen LogP contribution in [0.1, 0.15) is 16.1 Å². The van der Waals surface area contributed by atoms with Gasteiger partial charge in [-0.1, -0.05) is 0 Å². The Hall–Kier alpha value is -1.82. The summed E-state index contributed by atoms with van der Waals surface area (Å²) in [5.74, 6) is 0.783. The number of fused-ring (bicyclic) bond motifs is 1. The summed E-state index contributed by atoms with van der Waals surface area (Å²) in [5, 5.41) is 1.01. The van der Waals surface area contributed by atoms with Crippen LogP contribution < -0.4 is 4.74 Å². The van der Waals surface area contributed by atoms with Crippen LogP contribution in [0.15, 0.2) is 48.5 Å². The normalized spacial score (nSPS) is 10.8. The van der Waals surface area contributed by atoms with E-state index in [0.29, 0.717) is 5.56 Å². The van der Waals surface area contributed by atoms with Crippen LogP contribution in [0.5, 0.6) is 5.75 Å². The molecule has 0 saturated carbocycles. The first-order valence-electron chi connectivity index (χ1n) is 6.56. The number of aromatic nitrogens is 1. The van der Waals surface area contributed by atoms with Crippen molar-refractivity contribution in [3.05, 3.63) is 63.4 Å². The van der Waals surface area contributed by atoms with Crippen molar-refractivity contribution in [2.45, 2.75) is 6.92 Å². The van der Waals surface area contributed by atoms with Crippen molar-refractivity contribution >= 4 is 39.4 Å². The Kier molecular flexibility index (Phi) is 3.71. The van der Waals surface area contributed by atoms with Crippen LogP contribution in [0.2, 0.25) is 0 Å². The minimum Gasteiger partial charge on any atom is -0.497 e. The second-order valence-electron chi connectivity index (χ2n) is 4.86. The fourth-order valence-electron chi connectivity index (χ4n) is 2.45. The number of ether oxygens (including phenoxy) is 1. The van der Waals surface area contributed by atoms with E-state index in [1.807, 2.05) is 55.5 Å². The van der Waals surface area contributed by atoms with Crippen LogP contribution >= 0.6 is 22.6 Å². The van der Waals surface area contributed by atoms with E-state index in [9.17, 15) is 4.79 Å². The predicted molar refractivity (Wildman–Crippen MR) is 92.1 cm³/mol. The summed E-state index contributed by atoms with van der Waals surface area (Å²) in [5.41, 5.74) is 2.51. The number of carbonyl (C=O) groups is 1. The summed E-state index contributed by atoms with van der Waals surface area (Å²) >= 11 is 2.23. The molecule has 0 radical (unpaired) electrons. The molecule has 0 bridgehead atoms. The first-order valence-corrected chi connectivity index (χ1v) is 7.64. The lowest BCUT2D eigenvalue weighted by atomic mass is 10.2. The highest BCUT2D eigenvalue weighted by Gasteiger charge is 2.15. The maximum absolute atomic E-state index is 12.7. The molecule has 0 unspecified atom stereocenters. The Morgan fingerprint density at radius 3 is 2.48 bits per heavy atom. The standard InChI is InChI=1S/C17H14INO2/c1-11-9-13-10-15(21-2)7-8-16(13)19(11)17(20)12-3-5-14(18)6-4-12/h3-10H,1-2H3. The van der Waals surface area contributed by atoms with E-state index in [-0.39, 0.29) is 5.91 Å². The quantitative estimate of drug-likeness (QED) is 0.612. The second-order valence-corrected chi connectivity index (χ2v) is 6.10. The number of hydrogen-bond acceptors (Lipinski definition) is 2. The number of methoxy groups -OCH3 is 1. The monoisotopic (exact) mass is 391 g/mol. The fraction of sp³-hybridized carbons (Fsp3) is 0.118. The highest BCUT2D eigenvalue weighted by molar-refractivity contribution is 14.1. The van der Waals surface area contributed by atoms with Gasteiger partial charge in [0.2, 0.25) is 0 Å². The molecule has 0 fully saturated rings. The smallest absolute Gasteiger partial charge is 0.262 e. The number of rotatable bonds is 2. The van der Waals surface area contributed by atoms with Crippen LogP contribution in [0.25, 0.3) is 10.9 Å². The zero-order chi connectivity index (χ0) is 15.0. The van der Waals surface area contributed by atoms with Gasteiger partial charge in [-0.05, 0) is 78.0 Å². The van der Waals surface area contributed by atoms with Gasteiger partial charge in [-0.15, -0.1) is 0 Å². The summed E-state index contributed by atoms with van der Waals surface area (Å²) in [4.78, 5) is 12.7. The molecule has 3 nitrogen and oxygen atoms in total. The Morgan fingerprint density at radius 1 is 1.10 bits per heavy atom. The molecule has 0 aliphatic rings. The molecule has 0 amide bonds. The number of hydrogen-bond donors (Lipinski definition) is 0.